The molecule has 0 saturated heterocycles. The lowest BCUT2D eigenvalue weighted by Crippen LogP contribution is -2.30. The van der Waals surface area contributed by atoms with E-state index in [0.717, 1.165) is 31.5 Å². The highest BCUT2D eigenvalue weighted by atomic mass is 16.5. The van der Waals surface area contributed by atoms with Crippen molar-refractivity contribution in [2.24, 2.45) is 0 Å². The monoisotopic (exact) mass is 285 g/mol. The molecular weight excluding hydrogens is 262 g/mol. The highest BCUT2D eigenvalue weighted by Gasteiger charge is 2.07. The molecule has 3 nitrogen and oxygen atoms in total. The van der Waals surface area contributed by atoms with E-state index in [4.69, 9.17) is 4.74 Å². The van der Waals surface area contributed by atoms with Crippen LogP contribution in [0, 0.1) is 0 Å². The van der Waals surface area contributed by atoms with Crippen LogP contribution in [0.25, 0.3) is 10.8 Å². The lowest BCUT2D eigenvalue weighted by Gasteiger charge is -2.21. The molecule has 0 unspecified atom stereocenters. The van der Waals surface area contributed by atoms with Crippen LogP contribution in [0.5, 0.6) is 5.75 Å². The zero-order valence-corrected chi connectivity index (χ0v) is 13.0. The van der Waals surface area contributed by atoms with Gasteiger partial charge in [-0.2, -0.15) is 0 Å². The SMILES string of the molecule is COc1ccc2cccc(CCCN(C=O)C(C)C)c2c1. The number of hydrogen-bond donors (Lipinski definition) is 0. The van der Waals surface area contributed by atoms with Crippen molar-refractivity contribution in [1.29, 1.82) is 0 Å². The number of methoxy groups -OCH3 is 1. The molecule has 2 aromatic carbocycles. The van der Waals surface area contributed by atoms with E-state index in [1.165, 1.54) is 16.3 Å². The molecule has 2 aromatic rings. The normalized spacial score (nSPS) is 10.9. The van der Waals surface area contributed by atoms with Crippen molar-refractivity contribution in [3.8, 4) is 5.75 Å². The van der Waals surface area contributed by atoms with E-state index in [-0.39, 0.29) is 6.04 Å². The van der Waals surface area contributed by atoms with Crippen LogP contribution in [0.2, 0.25) is 0 Å². The van der Waals surface area contributed by atoms with Crippen LogP contribution < -0.4 is 4.74 Å². The molecule has 2 rings (SSSR count). The summed E-state index contributed by atoms with van der Waals surface area (Å²) in [6, 6.07) is 12.8. The Kier molecular flexibility index (Phi) is 5.20. The first-order chi connectivity index (χ1) is 10.2. The summed E-state index contributed by atoms with van der Waals surface area (Å²) in [4.78, 5) is 12.8. The minimum absolute atomic E-state index is 0.259. The van der Waals surface area contributed by atoms with Gasteiger partial charge in [0.1, 0.15) is 5.75 Å². The summed E-state index contributed by atoms with van der Waals surface area (Å²) < 4.78 is 5.31. The van der Waals surface area contributed by atoms with Gasteiger partial charge >= 0.3 is 0 Å². The third kappa shape index (κ3) is 3.75. The number of hydrogen-bond acceptors (Lipinski definition) is 2. The smallest absolute Gasteiger partial charge is 0.209 e. The van der Waals surface area contributed by atoms with Gasteiger partial charge in [-0.1, -0.05) is 24.3 Å². The summed E-state index contributed by atoms with van der Waals surface area (Å²) >= 11 is 0. The Morgan fingerprint density at radius 3 is 2.71 bits per heavy atom. The zero-order chi connectivity index (χ0) is 15.2. The molecule has 1 amide bonds. The van der Waals surface area contributed by atoms with E-state index in [2.05, 4.69) is 30.3 Å². The quantitative estimate of drug-likeness (QED) is 0.727. The average Bonchev–Trinajstić information content (AvgIpc) is 2.50. The first kappa shape index (κ1) is 15.4. The molecule has 3 heteroatoms. The van der Waals surface area contributed by atoms with Gasteiger partial charge in [0.25, 0.3) is 0 Å². The Morgan fingerprint density at radius 1 is 1.24 bits per heavy atom. The van der Waals surface area contributed by atoms with E-state index in [1.807, 2.05) is 24.8 Å². The second-order valence-electron chi connectivity index (χ2n) is 5.54. The Morgan fingerprint density at radius 2 is 2.05 bits per heavy atom. The molecular formula is C18H23NO2. The van der Waals surface area contributed by atoms with Crippen molar-refractivity contribution in [1.82, 2.24) is 4.90 Å². The maximum absolute atomic E-state index is 11.0. The summed E-state index contributed by atoms with van der Waals surface area (Å²) in [6.07, 6.45) is 2.87. The van der Waals surface area contributed by atoms with Crippen molar-refractivity contribution in [2.45, 2.75) is 32.7 Å². The first-order valence-electron chi connectivity index (χ1n) is 7.42. The molecule has 0 spiro atoms. The minimum atomic E-state index is 0.259. The summed E-state index contributed by atoms with van der Waals surface area (Å²) in [6.45, 7) is 4.87. The Hall–Kier alpha value is -2.03. The number of rotatable bonds is 7. The van der Waals surface area contributed by atoms with Crippen LogP contribution in [0.15, 0.2) is 36.4 Å². The number of nitrogens with zero attached hydrogens (tertiary/aromatic N) is 1. The largest absolute Gasteiger partial charge is 0.497 e. The lowest BCUT2D eigenvalue weighted by atomic mass is 10.0. The minimum Gasteiger partial charge on any atom is -0.497 e. The number of fused-ring (bicyclic) bond motifs is 1. The lowest BCUT2D eigenvalue weighted by molar-refractivity contribution is -0.119. The fraction of sp³-hybridized carbons (Fsp3) is 0.389. The number of carbonyl (C=O) groups excluding carboxylic acids is 1. The number of carbonyl (C=O) groups is 1. The van der Waals surface area contributed by atoms with Crippen molar-refractivity contribution >= 4 is 17.2 Å². The van der Waals surface area contributed by atoms with Crippen LogP contribution in [0.1, 0.15) is 25.8 Å². The van der Waals surface area contributed by atoms with E-state index < -0.39 is 0 Å². The molecule has 0 saturated carbocycles. The van der Waals surface area contributed by atoms with E-state index >= 15 is 0 Å². The number of ether oxygens (including phenoxy) is 1. The van der Waals surface area contributed by atoms with E-state index in [0.29, 0.717) is 0 Å². The molecule has 0 atom stereocenters. The Bertz CT molecular complexity index is 607. The molecule has 0 fully saturated rings. The van der Waals surface area contributed by atoms with Crippen LogP contribution in [-0.2, 0) is 11.2 Å². The van der Waals surface area contributed by atoms with Crippen molar-refractivity contribution in [3.63, 3.8) is 0 Å². The van der Waals surface area contributed by atoms with Gasteiger partial charge in [-0.3, -0.25) is 4.79 Å². The summed E-state index contributed by atoms with van der Waals surface area (Å²) in [5.74, 6) is 0.881. The molecule has 0 aromatic heterocycles. The molecule has 0 heterocycles. The van der Waals surface area contributed by atoms with Crippen LogP contribution in [-0.4, -0.2) is 31.0 Å². The number of benzene rings is 2. The second-order valence-corrected chi connectivity index (χ2v) is 5.54. The summed E-state index contributed by atoms with van der Waals surface area (Å²) in [7, 11) is 1.69. The van der Waals surface area contributed by atoms with Gasteiger partial charge in [-0.25, -0.2) is 0 Å². The number of amides is 1. The zero-order valence-electron chi connectivity index (χ0n) is 13.0. The molecule has 0 bridgehead atoms. The molecule has 0 N–H and O–H groups in total. The van der Waals surface area contributed by atoms with Gasteiger partial charge in [0.2, 0.25) is 6.41 Å². The van der Waals surface area contributed by atoms with Crippen LogP contribution >= 0.6 is 0 Å². The van der Waals surface area contributed by atoms with Gasteiger partial charge in [-0.15, -0.1) is 0 Å². The average molecular weight is 285 g/mol. The van der Waals surface area contributed by atoms with E-state index in [9.17, 15) is 4.79 Å². The fourth-order valence-electron chi connectivity index (χ4n) is 2.55. The molecule has 0 aliphatic carbocycles. The maximum Gasteiger partial charge on any atom is 0.209 e. The van der Waals surface area contributed by atoms with Gasteiger partial charge in [-0.05, 0) is 55.2 Å². The van der Waals surface area contributed by atoms with Crippen molar-refractivity contribution < 1.29 is 9.53 Å². The third-order valence-electron chi connectivity index (χ3n) is 3.84. The Balaban J connectivity index is 2.13. The molecule has 0 radical (unpaired) electrons. The van der Waals surface area contributed by atoms with Gasteiger partial charge in [0.15, 0.2) is 0 Å². The van der Waals surface area contributed by atoms with Crippen molar-refractivity contribution in [3.05, 3.63) is 42.0 Å². The van der Waals surface area contributed by atoms with Crippen LogP contribution in [0.4, 0.5) is 0 Å². The molecule has 0 aliphatic heterocycles. The molecule has 21 heavy (non-hydrogen) atoms. The Labute approximate surface area is 126 Å². The van der Waals surface area contributed by atoms with Gasteiger partial charge in [0, 0.05) is 12.6 Å². The fourth-order valence-corrected chi connectivity index (χ4v) is 2.55. The third-order valence-corrected chi connectivity index (χ3v) is 3.84. The molecule has 112 valence electrons. The van der Waals surface area contributed by atoms with Crippen molar-refractivity contribution in [2.75, 3.05) is 13.7 Å². The predicted octanol–water partition coefficient (Wildman–Crippen LogP) is 3.65. The highest BCUT2D eigenvalue weighted by Crippen LogP contribution is 2.25. The maximum atomic E-state index is 11.0. The standard InChI is InChI=1S/C18H23NO2/c1-14(2)19(13-20)11-5-8-15-6-4-7-16-9-10-17(21-3)12-18(15)16/h4,6-7,9-10,12-14H,5,8,11H2,1-3H3. The highest BCUT2D eigenvalue weighted by molar-refractivity contribution is 5.87. The summed E-state index contributed by atoms with van der Waals surface area (Å²) in [5, 5.41) is 2.46. The van der Waals surface area contributed by atoms with Gasteiger partial charge < -0.3 is 9.64 Å². The van der Waals surface area contributed by atoms with Gasteiger partial charge in [0.05, 0.1) is 7.11 Å². The molecule has 0 aliphatic rings. The van der Waals surface area contributed by atoms with E-state index in [1.54, 1.807) is 7.11 Å². The topological polar surface area (TPSA) is 29.5 Å². The second kappa shape index (κ2) is 7.11. The summed E-state index contributed by atoms with van der Waals surface area (Å²) in [5.41, 5.74) is 1.31. The predicted molar refractivity (Wildman–Crippen MR) is 86.7 cm³/mol. The number of aryl methyl sites for hydroxylation is 1. The first-order valence-corrected chi connectivity index (χ1v) is 7.42. The van der Waals surface area contributed by atoms with Crippen LogP contribution in [0.3, 0.4) is 0 Å².